The maximum Gasteiger partial charge on any atom is 0.191 e. The van der Waals surface area contributed by atoms with Crippen molar-refractivity contribution in [2.75, 3.05) is 33.8 Å². The van der Waals surface area contributed by atoms with Crippen LogP contribution in [0.2, 0.25) is 0 Å². The van der Waals surface area contributed by atoms with Crippen LogP contribution in [0.15, 0.2) is 29.4 Å². The van der Waals surface area contributed by atoms with Crippen molar-refractivity contribution < 1.29 is 9.13 Å². The van der Waals surface area contributed by atoms with Gasteiger partial charge in [0.1, 0.15) is 0 Å². The second kappa shape index (κ2) is 11.3. The summed E-state index contributed by atoms with van der Waals surface area (Å²) in [5, 5.41) is 8.10. The first kappa shape index (κ1) is 22.5. The smallest absolute Gasteiger partial charge is 0.191 e. The lowest BCUT2D eigenvalue weighted by Crippen LogP contribution is -2.48. The van der Waals surface area contributed by atoms with Gasteiger partial charge in [-0.25, -0.2) is 9.37 Å². The number of hydrogen-bond acceptors (Lipinski definition) is 5. The molecule has 1 fully saturated rings. The molecular formula is C22H32FN5OS. The number of aryl methyl sites for hydroxylation is 1. The van der Waals surface area contributed by atoms with Crippen LogP contribution in [0.25, 0.3) is 0 Å². The summed E-state index contributed by atoms with van der Waals surface area (Å²) in [6.45, 7) is 5.68. The van der Waals surface area contributed by atoms with Gasteiger partial charge in [-0.3, -0.25) is 9.89 Å². The first-order valence-corrected chi connectivity index (χ1v) is 11.4. The van der Waals surface area contributed by atoms with Gasteiger partial charge < -0.3 is 15.4 Å². The minimum absolute atomic E-state index is 0.293. The van der Waals surface area contributed by atoms with E-state index in [0.29, 0.717) is 11.8 Å². The fourth-order valence-corrected chi connectivity index (χ4v) is 4.47. The van der Waals surface area contributed by atoms with Crippen LogP contribution in [0.4, 0.5) is 4.39 Å². The van der Waals surface area contributed by atoms with Gasteiger partial charge in [0.15, 0.2) is 17.5 Å². The van der Waals surface area contributed by atoms with Gasteiger partial charge in [0.25, 0.3) is 0 Å². The van der Waals surface area contributed by atoms with Crippen molar-refractivity contribution in [3.8, 4) is 5.75 Å². The molecule has 164 valence electrons. The summed E-state index contributed by atoms with van der Waals surface area (Å²) in [4.78, 5) is 12.5. The van der Waals surface area contributed by atoms with Crippen LogP contribution < -0.4 is 15.4 Å². The number of nitrogens with zero attached hydrogens (tertiary/aromatic N) is 3. The van der Waals surface area contributed by atoms with Crippen LogP contribution in [0, 0.1) is 5.82 Å². The Bertz CT molecular complexity index is 833. The number of guanidine groups is 1. The predicted molar refractivity (Wildman–Crippen MR) is 121 cm³/mol. The highest BCUT2D eigenvalue weighted by Gasteiger charge is 2.20. The highest BCUT2D eigenvalue weighted by atomic mass is 32.1. The quantitative estimate of drug-likeness (QED) is 0.494. The van der Waals surface area contributed by atoms with Crippen LogP contribution in [0.5, 0.6) is 5.75 Å². The molecule has 6 nitrogen and oxygen atoms in total. The van der Waals surface area contributed by atoms with Gasteiger partial charge in [-0.15, -0.1) is 11.3 Å². The van der Waals surface area contributed by atoms with Gasteiger partial charge >= 0.3 is 0 Å². The molecular weight excluding hydrogens is 401 g/mol. The molecule has 30 heavy (non-hydrogen) atoms. The zero-order valence-electron chi connectivity index (χ0n) is 18.1. The maximum atomic E-state index is 13.9. The molecule has 1 aromatic heterocycles. The maximum absolute atomic E-state index is 13.9. The Kier molecular flexibility index (Phi) is 8.45. The molecule has 2 aromatic rings. The Hall–Kier alpha value is -2.19. The fourth-order valence-electron chi connectivity index (χ4n) is 3.60. The zero-order valence-corrected chi connectivity index (χ0v) is 18.9. The Morgan fingerprint density at radius 1 is 1.37 bits per heavy atom. The van der Waals surface area contributed by atoms with E-state index in [1.165, 1.54) is 12.0 Å². The second-order valence-corrected chi connectivity index (χ2v) is 8.69. The zero-order chi connectivity index (χ0) is 21.3. The van der Waals surface area contributed by atoms with E-state index in [9.17, 15) is 4.39 Å². The predicted octanol–water partition coefficient (Wildman–Crippen LogP) is 3.23. The molecule has 1 aromatic carbocycles. The number of likely N-dealkylation sites (tertiary alicyclic amines) is 1. The monoisotopic (exact) mass is 433 g/mol. The molecule has 0 amide bonds. The number of rotatable bonds is 8. The molecule has 1 aliphatic heterocycles. The number of benzene rings is 1. The largest absolute Gasteiger partial charge is 0.494 e. The van der Waals surface area contributed by atoms with Crippen molar-refractivity contribution in [1.29, 1.82) is 0 Å². The third kappa shape index (κ3) is 6.40. The molecule has 0 bridgehead atoms. The normalized spacial score (nSPS) is 15.9. The van der Waals surface area contributed by atoms with E-state index in [0.717, 1.165) is 68.4 Å². The standard InChI is InChI=1S/C22H32FN5OS/c1-4-18-14-26-21(30-18)7-10-25-22(24-2)27-17-8-11-28(12-9-17)15-16-5-6-20(29-3)19(23)13-16/h5-6,13-14,17H,4,7-12,15H2,1-3H3,(H2,24,25,27). The lowest BCUT2D eigenvalue weighted by Gasteiger charge is -2.33. The average Bonchev–Trinajstić information content (AvgIpc) is 3.22. The summed E-state index contributed by atoms with van der Waals surface area (Å²) in [6, 6.07) is 5.60. The number of aromatic nitrogens is 1. The molecule has 0 radical (unpaired) electrons. The van der Waals surface area contributed by atoms with Crippen LogP contribution in [0.3, 0.4) is 0 Å². The first-order chi connectivity index (χ1) is 14.6. The molecule has 8 heteroatoms. The van der Waals surface area contributed by atoms with E-state index in [2.05, 4.69) is 32.4 Å². The van der Waals surface area contributed by atoms with Crippen molar-refractivity contribution >= 4 is 17.3 Å². The van der Waals surface area contributed by atoms with Crippen LogP contribution in [-0.4, -0.2) is 55.7 Å². The average molecular weight is 434 g/mol. The molecule has 2 heterocycles. The van der Waals surface area contributed by atoms with Crippen LogP contribution in [-0.2, 0) is 19.4 Å². The number of halogens is 1. The summed E-state index contributed by atoms with van der Waals surface area (Å²) in [7, 11) is 3.29. The summed E-state index contributed by atoms with van der Waals surface area (Å²) in [6.07, 6.45) is 5.99. The van der Waals surface area contributed by atoms with Crippen molar-refractivity contribution in [2.24, 2.45) is 4.99 Å². The van der Waals surface area contributed by atoms with E-state index in [4.69, 9.17) is 4.74 Å². The highest BCUT2D eigenvalue weighted by molar-refractivity contribution is 7.11. The van der Waals surface area contributed by atoms with Gasteiger partial charge in [0, 0.05) is 56.8 Å². The van der Waals surface area contributed by atoms with Crippen molar-refractivity contribution in [1.82, 2.24) is 20.5 Å². The summed E-state index contributed by atoms with van der Waals surface area (Å²) < 4.78 is 18.9. The van der Waals surface area contributed by atoms with Gasteiger partial charge in [-0.1, -0.05) is 13.0 Å². The van der Waals surface area contributed by atoms with E-state index in [1.807, 2.05) is 12.3 Å². The van der Waals surface area contributed by atoms with Crippen LogP contribution in [0.1, 0.15) is 35.2 Å². The van der Waals surface area contributed by atoms with Gasteiger partial charge in [-0.05, 0) is 37.0 Å². The lowest BCUT2D eigenvalue weighted by molar-refractivity contribution is 0.198. The summed E-state index contributed by atoms with van der Waals surface area (Å²) in [5.41, 5.74) is 0.977. The lowest BCUT2D eigenvalue weighted by atomic mass is 10.0. The van der Waals surface area contributed by atoms with E-state index in [-0.39, 0.29) is 5.82 Å². The molecule has 1 saturated heterocycles. The summed E-state index contributed by atoms with van der Waals surface area (Å²) in [5.74, 6) is 0.837. The van der Waals surface area contributed by atoms with E-state index >= 15 is 0 Å². The number of methoxy groups -OCH3 is 1. The number of hydrogen-bond donors (Lipinski definition) is 2. The molecule has 1 aliphatic rings. The molecule has 0 unspecified atom stereocenters. The SMILES string of the molecule is CCc1cnc(CCNC(=NC)NC2CCN(Cc3ccc(OC)c(F)c3)CC2)s1. The molecule has 3 rings (SSSR count). The number of piperidine rings is 1. The number of aliphatic imine (C=N–C) groups is 1. The Labute approximate surface area is 182 Å². The second-order valence-electron chi connectivity index (χ2n) is 7.49. The van der Waals surface area contributed by atoms with E-state index < -0.39 is 0 Å². The third-order valence-corrected chi connectivity index (χ3v) is 6.56. The fraction of sp³-hybridized carbons (Fsp3) is 0.545. The first-order valence-electron chi connectivity index (χ1n) is 10.6. The Balaban J connectivity index is 1.39. The van der Waals surface area contributed by atoms with Gasteiger partial charge in [-0.2, -0.15) is 0 Å². The molecule has 0 spiro atoms. The molecule has 0 atom stereocenters. The van der Waals surface area contributed by atoms with Gasteiger partial charge in [0.05, 0.1) is 12.1 Å². The molecule has 0 aliphatic carbocycles. The highest BCUT2D eigenvalue weighted by Crippen LogP contribution is 2.20. The number of ether oxygens (including phenoxy) is 1. The Morgan fingerprint density at radius 2 is 2.17 bits per heavy atom. The van der Waals surface area contributed by atoms with Gasteiger partial charge in [0.2, 0.25) is 0 Å². The number of thiazole rings is 1. The van der Waals surface area contributed by atoms with Crippen LogP contribution >= 0.6 is 11.3 Å². The molecule has 0 saturated carbocycles. The van der Waals surface area contributed by atoms with Crippen molar-refractivity contribution in [2.45, 2.75) is 45.2 Å². The van der Waals surface area contributed by atoms with Crippen molar-refractivity contribution in [3.63, 3.8) is 0 Å². The number of nitrogens with one attached hydrogen (secondary N) is 2. The molecule has 2 N–H and O–H groups in total. The minimum Gasteiger partial charge on any atom is -0.494 e. The topological polar surface area (TPSA) is 61.8 Å². The Morgan fingerprint density at radius 3 is 2.80 bits per heavy atom. The minimum atomic E-state index is -0.301. The third-order valence-electron chi connectivity index (χ3n) is 5.36. The summed E-state index contributed by atoms with van der Waals surface area (Å²) >= 11 is 1.78. The van der Waals surface area contributed by atoms with E-state index in [1.54, 1.807) is 30.5 Å². The van der Waals surface area contributed by atoms with Crippen molar-refractivity contribution in [3.05, 3.63) is 45.7 Å².